The smallest absolute Gasteiger partial charge is 0.122 e. The van der Waals surface area contributed by atoms with Gasteiger partial charge in [0.15, 0.2) is 0 Å². The Balaban J connectivity index is 2.34. The van der Waals surface area contributed by atoms with Crippen molar-refractivity contribution >= 4 is 0 Å². The van der Waals surface area contributed by atoms with E-state index < -0.39 is 0 Å². The van der Waals surface area contributed by atoms with Gasteiger partial charge in [0.1, 0.15) is 5.83 Å². The summed E-state index contributed by atoms with van der Waals surface area (Å²) in [5.41, 5.74) is 0. The molecule has 0 aromatic carbocycles. The van der Waals surface area contributed by atoms with Crippen LogP contribution in [0, 0.1) is 5.92 Å². The zero-order valence-corrected chi connectivity index (χ0v) is 10.9. The number of likely N-dealkylation sites (tertiary alicyclic amines) is 1. The molecule has 1 heterocycles. The van der Waals surface area contributed by atoms with Crippen LogP contribution in [-0.4, -0.2) is 25.0 Å². The average Bonchev–Trinajstić information content (AvgIpc) is 2.28. The van der Waals surface area contributed by atoms with Crippen LogP contribution < -0.4 is 0 Å². The Hall–Kier alpha value is -0.890. The fourth-order valence-electron chi connectivity index (χ4n) is 2.25. The van der Waals surface area contributed by atoms with E-state index in [1.165, 1.54) is 50.9 Å². The Morgan fingerprint density at radius 1 is 1.35 bits per heavy atom. The molecule has 0 spiro atoms. The molecule has 17 heavy (non-hydrogen) atoms. The molecule has 1 fully saturated rings. The number of hydrogen-bond acceptors (Lipinski definition) is 1. The molecule has 1 aliphatic heterocycles. The number of nitrogens with zero attached hydrogens (tertiary/aromatic N) is 1. The van der Waals surface area contributed by atoms with Crippen molar-refractivity contribution in [3.8, 4) is 0 Å². The number of halogens is 1. The van der Waals surface area contributed by atoms with Crippen LogP contribution in [0.5, 0.6) is 0 Å². The van der Waals surface area contributed by atoms with Crippen molar-refractivity contribution < 1.29 is 4.39 Å². The van der Waals surface area contributed by atoms with Crippen molar-refractivity contribution in [3.05, 3.63) is 36.7 Å². The summed E-state index contributed by atoms with van der Waals surface area (Å²) >= 11 is 0. The Morgan fingerprint density at radius 2 is 2.18 bits per heavy atom. The monoisotopic (exact) mass is 237 g/mol. The summed E-state index contributed by atoms with van der Waals surface area (Å²) in [6.07, 6.45) is 12.5. The fraction of sp³-hybridized carbons (Fsp3) is 0.600. The lowest BCUT2D eigenvalue weighted by molar-refractivity contribution is 0.258. The Labute approximate surface area is 105 Å². The molecule has 0 aromatic rings. The molecule has 1 atom stereocenters. The second kappa shape index (κ2) is 8.24. The molecule has 1 saturated heterocycles. The van der Waals surface area contributed by atoms with E-state index in [2.05, 4.69) is 18.5 Å². The van der Waals surface area contributed by atoms with Crippen LogP contribution in [0.25, 0.3) is 0 Å². The van der Waals surface area contributed by atoms with Crippen LogP contribution in [0.1, 0.15) is 32.1 Å². The lowest BCUT2D eigenvalue weighted by Gasteiger charge is -2.24. The summed E-state index contributed by atoms with van der Waals surface area (Å²) in [5.74, 6) is 0.508. The molecule has 1 rings (SSSR count). The molecule has 96 valence electrons. The molecule has 0 aromatic heterocycles. The van der Waals surface area contributed by atoms with Crippen LogP contribution in [0.2, 0.25) is 0 Å². The Kier molecular flexibility index (Phi) is 6.87. The van der Waals surface area contributed by atoms with Crippen molar-refractivity contribution in [2.24, 2.45) is 5.92 Å². The second-order valence-electron chi connectivity index (χ2n) is 4.88. The summed E-state index contributed by atoms with van der Waals surface area (Å²) in [6.45, 7) is 5.87. The van der Waals surface area contributed by atoms with Gasteiger partial charge < -0.3 is 4.90 Å². The lowest BCUT2D eigenvalue weighted by Crippen LogP contribution is -2.25. The molecule has 0 amide bonds. The third kappa shape index (κ3) is 6.42. The van der Waals surface area contributed by atoms with Gasteiger partial charge in [0.2, 0.25) is 0 Å². The van der Waals surface area contributed by atoms with E-state index in [0.29, 0.717) is 5.92 Å². The summed E-state index contributed by atoms with van der Waals surface area (Å²) < 4.78 is 13.1. The van der Waals surface area contributed by atoms with E-state index in [4.69, 9.17) is 0 Å². The predicted octanol–water partition coefficient (Wildman–Crippen LogP) is 4.09. The highest BCUT2D eigenvalue weighted by Crippen LogP contribution is 2.21. The largest absolute Gasteiger partial charge is 0.306 e. The quantitative estimate of drug-likeness (QED) is 0.666. The third-order valence-electron chi connectivity index (χ3n) is 3.34. The number of rotatable bonds is 4. The van der Waals surface area contributed by atoms with Gasteiger partial charge in [0, 0.05) is 0 Å². The van der Waals surface area contributed by atoms with Crippen molar-refractivity contribution in [2.75, 3.05) is 20.1 Å². The summed E-state index contributed by atoms with van der Waals surface area (Å²) in [4.78, 5) is 2.40. The van der Waals surface area contributed by atoms with E-state index >= 15 is 0 Å². The van der Waals surface area contributed by atoms with Gasteiger partial charge in [0.05, 0.1) is 0 Å². The third-order valence-corrected chi connectivity index (χ3v) is 3.34. The van der Waals surface area contributed by atoms with Crippen molar-refractivity contribution in [3.63, 3.8) is 0 Å². The van der Waals surface area contributed by atoms with E-state index in [1.807, 2.05) is 6.08 Å². The Morgan fingerprint density at radius 3 is 2.94 bits per heavy atom. The number of hydrogen-bond donors (Lipinski definition) is 0. The molecular weight excluding hydrogens is 213 g/mol. The van der Waals surface area contributed by atoms with E-state index in [-0.39, 0.29) is 5.83 Å². The zero-order chi connectivity index (χ0) is 12.5. The van der Waals surface area contributed by atoms with E-state index in [9.17, 15) is 4.39 Å². The van der Waals surface area contributed by atoms with Gasteiger partial charge in [-0.1, -0.05) is 31.6 Å². The summed E-state index contributed by atoms with van der Waals surface area (Å²) in [6, 6.07) is 0. The highest BCUT2D eigenvalue weighted by Gasteiger charge is 2.11. The first-order valence-corrected chi connectivity index (χ1v) is 6.55. The molecule has 0 bridgehead atoms. The minimum atomic E-state index is -0.206. The van der Waals surface area contributed by atoms with Crippen LogP contribution in [0.4, 0.5) is 4.39 Å². The van der Waals surface area contributed by atoms with Crippen LogP contribution >= 0.6 is 0 Å². The first-order chi connectivity index (χ1) is 8.22. The van der Waals surface area contributed by atoms with Crippen LogP contribution in [0.15, 0.2) is 36.7 Å². The molecule has 0 radical (unpaired) electrons. The van der Waals surface area contributed by atoms with Crippen molar-refractivity contribution in [1.29, 1.82) is 0 Å². The first kappa shape index (κ1) is 14.2. The van der Waals surface area contributed by atoms with Gasteiger partial charge in [-0.05, 0) is 57.5 Å². The highest BCUT2D eigenvalue weighted by molar-refractivity contribution is 5.16. The normalized spacial score (nSPS) is 24.6. The van der Waals surface area contributed by atoms with Crippen molar-refractivity contribution in [1.82, 2.24) is 4.90 Å². The topological polar surface area (TPSA) is 3.24 Å². The van der Waals surface area contributed by atoms with Gasteiger partial charge >= 0.3 is 0 Å². The lowest BCUT2D eigenvalue weighted by atomic mass is 9.93. The predicted molar refractivity (Wildman–Crippen MR) is 72.6 cm³/mol. The second-order valence-corrected chi connectivity index (χ2v) is 4.88. The average molecular weight is 237 g/mol. The van der Waals surface area contributed by atoms with Gasteiger partial charge in [-0.25, -0.2) is 4.39 Å². The number of allylic oxidation sites excluding steroid dienone is 5. The maximum Gasteiger partial charge on any atom is 0.122 e. The van der Waals surface area contributed by atoms with Gasteiger partial charge in [0.25, 0.3) is 0 Å². The molecule has 1 unspecified atom stereocenters. The van der Waals surface area contributed by atoms with E-state index in [1.54, 1.807) is 6.08 Å². The summed E-state index contributed by atoms with van der Waals surface area (Å²) in [5, 5.41) is 0. The zero-order valence-electron chi connectivity index (χ0n) is 10.9. The van der Waals surface area contributed by atoms with Crippen LogP contribution in [-0.2, 0) is 0 Å². The molecule has 1 nitrogen and oxygen atoms in total. The maximum absolute atomic E-state index is 13.1. The SMILES string of the molecule is C=C/C=C(F)\C=C/CC1CCCCN(C)CC1. The highest BCUT2D eigenvalue weighted by atomic mass is 19.1. The van der Waals surface area contributed by atoms with Crippen LogP contribution in [0.3, 0.4) is 0 Å². The maximum atomic E-state index is 13.1. The molecule has 2 heteroatoms. The summed E-state index contributed by atoms with van der Waals surface area (Å²) in [7, 11) is 2.19. The standard InChI is InChI=1S/C15H24FN/c1-3-7-15(16)10-6-9-14-8-4-5-12-17(2)13-11-14/h3,6-7,10,14H,1,4-5,8-9,11-13H2,2H3/b10-6-,15-7+. The Bertz CT molecular complexity index is 281. The van der Waals surface area contributed by atoms with Gasteiger partial charge in [-0.15, -0.1) is 0 Å². The molecule has 0 saturated carbocycles. The molecular formula is C15H24FN. The molecule has 0 N–H and O–H groups in total. The molecule has 1 aliphatic rings. The van der Waals surface area contributed by atoms with E-state index in [0.717, 1.165) is 6.42 Å². The first-order valence-electron chi connectivity index (χ1n) is 6.55. The fourth-order valence-corrected chi connectivity index (χ4v) is 2.25. The minimum Gasteiger partial charge on any atom is -0.306 e. The molecule has 0 aliphatic carbocycles. The minimum absolute atomic E-state index is 0.206. The van der Waals surface area contributed by atoms with Gasteiger partial charge in [-0.2, -0.15) is 0 Å². The van der Waals surface area contributed by atoms with Gasteiger partial charge in [-0.3, -0.25) is 0 Å². The van der Waals surface area contributed by atoms with Crippen molar-refractivity contribution in [2.45, 2.75) is 32.1 Å².